The molecular formula is C23H34N4O4. The molecule has 170 valence electrons. The maximum absolute atomic E-state index is 13.3. The van der Waals surface area contributed by atoms with E-state index < -0.39 is 0 Å². The maximum Gasteiger partial charge on any atom is 0.263 e. The summed E-state index contributed by atoms with van der Waals surface area (Å²) in [4.78, 5) is 43.1. The molecule has 1 aromatic heterocycles. The zero-order valence-corrected chi connectivity index (χ0v) is 18.7. The Bertz CT molecular complexity index is 892. The van der Waals surface area contributed by atoms with Crippen LogP contribution in [0.25, 0.3) is 0 Å². The van der Waals surface area contributed by atoms with E-state index in [9.17, 15) is 14.4 Å². The van der Waals surface area contributed by atoms with Crippen LogP contribution in [0.4, 0.5) is 0 Å². The highest BCUT2D eigenvalue weighted by Crippen LogP contribution is 2.35. The van der Waals surface area contributed by atoms with Gasteiger partial charge in [0.2, 0.25) is 5.91 Å². The molecule has 4 rings (SSSR count). The number of likely N-dealkylation sites (tertiary alicyclic amines) is 1. The van der Waals surface area contributed by atoms with E-state index in [4.69, 9.17) is 4.74 Å². The van der Waals surface area contributed by atoms with Crippen molar-refractivity contribution in [3.8, 4) is 0 Å². The monoisotopic (exact) mass is 430 g/mol. The Hall–Kier alpha value is -2.19. The summed E-state index contributed by atoms with van der Waals surface area (Å²) in [6, 6.07) is 0.264. The zero-order chi connectivity index (χ0) is 22.0. The molecule has 3 aliphatic rings. The summed E-state index contributed by atoms with van der Waals surface area (Å²) in [7, 11) is 2.10. The molecule has 3 heterocycles. The fraction of sp³-hybridized carbons (Fsp3) is 0.696. The van der Waals surface area contributed by atoms with Crippen LogP contribution in [-0.2, 0) is 22.5 Å². The van der Waals surface area contributed by atoms with Gasteiger partial charge in [-0.1, -0.05) is 0 Å². The first-order valence-corrected chi connectivity index (χ1v) is 11.6. The van der Waals surface area contributed by atoms with Crippen molar-refractivity contribution in [1.29, 1.82) is 0 Å². The molecule has 1 N–H and O–H groups in total. The van der Waals surface area contributed by atoms with E-state index in [-0.39, 0.29) is 36.1 Å². The van der Waals surface area contributed by atoms with Crippen molar-refractivity contribution in [2.45, 2.75) is 64.1 Å². The number of rotatable bonds is 6. The van der Waals surface area contributed by atoms with E-state index in [1.54, 1.807) is 9.47 Å². The van der Waals surface area contributed by atoms with Crippen LogP contribution in [0.3, 0.4) is 0 Å². The smallest absolute Gasteiger partial charge is 0.263 e. The van der Waals surface area contributed by atoms with Crippen molar-refractivity contribution < 1.29 is 14.3 Å². The summed E-state index contributed by atoms with van der Waals surface area (Å²) < 4.78 is 7.01. The van der Waals surface area contributed by atoms with Gasteiger partial charge in [0.1, 0.15) is 12.2 Å². The van der Waals surface area contributed by atoms with E-state index in [0.29, 0.717) is 31.7 Å². The van der Waals surface area contributed by atoms with Crippen molar-refractivity contribution >= 4 is 11.8 Å². The van der Waals surface area contributed by atoms with Crippen molar-refractivity contribution in [1.82, 2.24) is 19.7 Å². The predicted molar refractivity (Wildman–Crippen MR) is 117 cm³/mol. The van der Waals surface area contributed by atoms with Gasteiger partial charge in [0.25, 0.3) is 11.5 Å². The molecule has 8 nitrogen and oxygen atoms in total. The van der Waals surface area contributed by atoms with Gasteiger partial charge in [-0.3, -0.25) is 14.4 Å². The van der Waals surface area contributed by atoms with E-state index in [0.717, 1.165) is 56.3 Å². The summed E-state index contributed by atoms with van der Waals surface area (Å²) in [6.45, 7) is 5.33. The molecule has 1 atom stereocenters. The fourth-order valence-corrected chi connectivity index (χ4v) is 4.67. The first kappa shape index (κ1) is 22.0. The van der Waals surface area contributed by atoms with Gasteiger partial charge >= 0.3 is 0 Å². The second-order valence-corrected chi connectivity index (χ2v) is 9.06. The highest BCUT2D eigenvalue weighted by molar-refractivity contribution is 5.96. The predicted octanol–water partition coefficient (Wildman–Crippen LogP) is 1.32. The second-order valence-electron chi connectivity index (χ2n) is 9.06. The number of aromatic nitrogens is 1. The van der Waals surface area contributed by atoms with Gasteiger partial charge in [0.15, 0.2) is 0 Å². The molecule has 0 aromatic carbocycles. The Morgan fingerprint density at radius 2 is 1.97 bits per heavy atom. The van der Waals surface area contributed by atoms with Crippen LogP contribution in [0.1, 0.15) is 66.6 Å². The summed E-state index contributed by atoms with van der Waals surface area (Å²) >= 11 is 0. The first-order chi connectivity index (χ1) is 15.0. The standard InChI is InChI=1S/C23H34N4O4/c1-3-31-15-20(28)26-12-9-19-16(13-26)14-27(18-6-7-18)23(30)21(19)22(29)24-17-5-4-10-25(2)11-8-17/h14,17-18H,3-13,15H2,1-2H3,(H,24,29). The average Bonchev–Trinajstić information content (AvgIpc) is 3.60. The van der Waals surface area contributed by atoms with E-state index in [1.165, 1.54) is 0 Å². The van der Waals surface area contributed by atoms with Crippen LogP contribution in [-0.4, -0.2) is 72.1 Å². The van der Waals surface area contributed by atoms with Crippen LogP contribution >= 0.6 is 0 Å². The van der Waals surface area contributed by atoms with E-state index >= 15 is 0 Å². The lowest BCUT2D eigenvalue weighted by molar-refractivity contribution is -0.136. The number of amides is 2. The molecule has 31 heavy (non-hydrogen) atoms. The highest BCUT2D eigenvalue weighted by atomic mass is 16.5. The van der Waals surface area contributed by atoms with Gasteiger partial charge in [-0.2, -0.15) is 0 Å². The summed E-state index contributed by atoms with van der Waals surface area (Å²) in [5.74, 6) is -0.301. The van der Waals surface area contributed by atoms with Crippen molar-refractivity contribution in [2.24, 2.45) is 0 Å². The lowest BCUT2D eigenvalue weighted by Crippen LogP contribution is -2.44. The summed E-state index contributed by atoms with van der Waals surface area (Å²) in [5, 5.41) is 3.16. The minimum absolute atomic E-state index is 0.0507. The van der Waals surface area contributed by atoms with Crippen molar-refractivity contribution in [3.05, 3.63) is 33.2 Å². The topological polar surface area (TPSA) is 83.9 Å². The minimum atomic E-state index is -0.250. The van der Waals surface area contributed by atoms with E-state index in [1.807, 2.05) is 13.1 Å². The van der Waals surface area contributed by atoms with Gasteiger partial charge in [-0.15, -0.1) is 0 Å². The molecule has 8 heteroatoms. The average molecular weight is 431 g/mol. The molecule has 0 radical (unpaired) electrons. The first-order valence-electron chi connectivity index (χ1n) is 11.6. The third-order valence-electron chi connectivity index (χ3n) is 6.66. The Kier molecular flexibility index (Phi) is 6.77. The van der Waals surface area contributed by atoms with Crippen LogP contribution in [0.5, 0.6) is 0 Å². The van der Waals surface area contributed by atoms with Crippen LogP contribution in [0.15, 0.2) is 11.0 Å². The largest absolute Gasteiger partial charge is 0.372 e. The molecule has 1 unspecified atom stereocenters. The number of nitrogens with one attached hydrogen (secondary N) is 1. The number of nitrogens with zero attached hydrogens (tertiary/aromatic N) is 3. The van der Waals surface area contributed by atoms with Crippen molar-refractivity contribution in [2.75, 3.05) is 39.9 Å². The zero-order valence-electron chi connectivity index (χ0n) is 18.7. The number of carbonyl (C=O) groups excluding carboxylic acids is 2. The summed E-state index contributed by atoms with van der Waals surface area (Å²) in [6.07, 6.45) is 7.19. The third-order valence-corrected chi connectivity index (χ3v) is 6.66. The van der Waals surface area contributed by atoms with Gasteiger partial charge in [-0.05, 0) is 76.7 Å². The summed E-state index contributed by atoms with van der Waals surface area (Å²) in [5.41, 5.74) is 1.83. The molecule has 0 spiro atoms. The highest BCUT2D eigenvalue weighted by Gasteiger charge is 2.33. The molecule has 0 bridgehead atoms. The molecular weight excluding hydrogens is 396 g/mol. The molecule has 1 saturated heterocycles. The fourth-order valence-electron chi connectivity index (χ4n) is 4.67. The molecule has 2 amide bonds. The van der Waals surface area contributed by atoms with Gasteiger partial charge in [0.05, 0.1) is 0 Å². The molecule has 1 aromatic rings. The lowest BCUT2D eigenvalue weighted by Gasteiger charge is -2.30. The van der Waals surface area contributed by atoms with Crippen molar-refractivity contribution in [3.63, 3.8) is 0 Å². The normalized spacial score (nSPS) is 22.0. The molecule has 2 fully saturated rings. The number of hydrogen-bond acceptors (Lipinski definition) is 5. The number of hydrogen-bond donors (Lipinski definition) is 1. The molecule has 1 aliphatic carbocycles. The Morgan fingerprint density at radius 3 is 2.71 bits per heavy atom. The van der Waals surface area contributed by atoms with E-state index in [2.05, 4.69) is 17.3 Å². The third kappa shape index (κ3) is 5.01. The molecule has 2 aliphatic heterocycles. The van der Waals surface area contributed by atoms with Gasteiger partial charge in [-0.25, -0.2) is 0 Å². The second kappa shape index (κ2) is 9.53. The Labute approximate surface area is 183 Å². The maximum atomic E-state index is 13.3. The number of pyridine rings is 1. The Balaban J connectivity index is 1.59. The van der Waals surface area contributed by atoms with Gasteiger partial charge in [0, 0.05) is 38.0 Å². The number of carbonyl (C=O) groups is 2. The Morgan fingerprint density at radius 1 is 1.16 bits per heavy atom. The lowest BCUT2D eigenvalue weighted by atomic mass is 9.95. The number of ether oxygens (including phenoxy) is 1. The minimum Gasteiger partial charge on any atom is -0.372 e. The molecule has 1 saturated carbocycles. The van der Waals surface area contributed by atoms with Crippen LogP contribution in [0, 0.1) is 0 Å². The SMILES string of the molecule is CCOCC(=O)N1CCc2c(cn(C3CC3)c(=O)c2C(=O)NC2CCCN(C)CC2)C1. The quantitative estimate of drug-likeness (QED) is 0.736. The van der Waals surface area contributed by atoms with Crippen LogP contribution < -0.4 is 10.9 Å². The van der Waals surface area contributed by atoms with Gasteiger partial charge < -0.3 is 24.4 Å². The van der Waals surface area contributed by atoms with Crippen LogP contribution in [0.2, 0.25) is 0 Å². The number of fused-ring (bicyclic) bond motifs is 1.